The summed E-state index contributed by atoms with van der Waals surface area (Å²) in [6.45, 7) is 4.37. The van der Waals surface area contributed by atoms with E-state index in [1.54, 1.807) is 54.9 Å². The van der Waals surface area contributed by atoms with Gasteiger partial charge in [-0.1, -0.05) is 56.7 Å². The lowest BCUT2D eigenvalue weighted by atomic mass is 9.76. The van der Waals surface area contributed by atoms with Crippen LogP contribution in [-0.2, 0) is 29.3 Å². The second-order valence-electron chi connectivity index (χ2n) is 31.1. The molecular formula is C87H93F6N15O10. The fourth-order valence-electron chi connectivity index (χ4n) is 16.7. The predicted molar refractivity (Wildman–Crippen MR) is 424 cm³/mol. The van der Waals surface area contributed by atoms with Crippen LogP contribution in [0.5, 0.6) is 0 Å². The zero-order valence-electron chi connectivity index (χ0n) is 64.9. The Morgan fingerprint density at radius 1 is 0.458 bits per heavy atom. The topological polar surface area (TPSA) is 358 Å². The number of hydrogen-bond donors (Lipinski definition) is 7. The Morgan fingerprint density at radius 2 is 0.771 bits per heavy atom. The molecule has 9 aromatic rings. The number of pyridine rings is 9. The molecule has 9 aromatic heterocycles. The Kier molecular flexibility index (Phi) is 28.3. The van der Waals surface area contributed by atoms with Crippen molar-refractivity contribution < 1.29 is 60.8 Å². The lowest BCUT2D eigenvalue weighted by Gasteiger charge is -2.37. The van der Waals surface area contributed by atoms with E-state index in [0.29, 0.717) is 169 Å². The van der Waals surface area contributed by atoms with Gasteiger partial charge in [-0.05, 0) is 192 Å². The zero-order valence-corrected chi connectivity index (χ0v) is 64.9. The van der Waals surface area contributed by atoms with Crippen LogP contribution in [0.1, 0.15) is 221 Å². The lowest BCUT2D eigenvalue weighted by molar-refractivity contribution is 0.0714. The third kappa shape index (κ3) is 19.6. The second kappa shape index (κ2) is 38.8. The maximum atomic E-state index is 13.3. The van der Waals surface area contributed by atoms with Gasteiger partial charge in [0.2, 0.25) is 0 Å². The minimum absolute atomic E-state index is 0.0165. The molecule has 0 radical (unpaired) electrons. The molecule has 6 fully saturated rings. The molecule has 25 nitrogen and oxygen atoms in total. The molecule has 0 aromatic carbocycles. The Labute approximate surface area is 676 Å². The summed E-state index contributed by atoms with van der Waals surface area (Å²) in [5.41, 5.74) is 0.493. The number of carbonyl (C=O) groups is 4. The van der Waals surface area contributed by atoms with Crippen LogP contribution < -0.4 is 37.9 Å². The molecule has 118 heavy (non-hydrogen) atoms. The van der Waals surface area contributed by atoms with E-state index in [2.05, 4.69) is 64.2 Å². The van der Waals surface area contributed by atoms with Crippen LogP contribution in [0.3, 0.4) is 0 Å². The van der Waals surface area contributed by atoms with E-state index in [1.165, 1.54) is 80.5 Å². The number of carbonyl (C=O) groups excluding carboxylic acids is 4. The van der Waals surface area contributed by atoms with Crippen molar-refractivity contribution in [3.05, 3.63) is 245 Å². The number of aldehydes is 1. The average molecular weight is 1620 g/mol. The van der Waals surface area contributed by atoms with Gasteiger partial charge in [0.05, 0.1) is 88.3 Å². The SMILES string of the molecule is N#CC1(c2cc(C(F)F)ccn2)CCN(Cc2cc(C(=O)N[C@H]3CCCC[C@@H]3O)c(=O)n3ccccc23)CC1.N#CC1(c2cc(C(F)F)ccn2)CCN(Cc2cc(C(=O)N[C@H]3CCCC[C@@H]3O)c(=O)n3ccccc23)CC1.N#CC1(c2cc(C(F)F)ccn2)CCNCC1.O=Cc1cc(C(=O)N[C@H]2CCCC[C@@H]2O)c(=O)n2ccccc12. The molecule has 31 heteroatoms. The molecular weight excluding hydrogens is 1530 g/mol. The number of aliphatic hydroxyl groups excluding tert-OH is 3. The number of nitriles is 3. The van der Waals surface area contributed by atoms with E-state index in [9.17, 15) is 91.0 Å². The van der Waals surface area contributed by atoms with Gasteiger partial charge in [0.25, 0.3) is 53.7 Å². The summed E-state index contributed by atoms with van der Waals surface area (Å²) in [5, 5.41) is 71.5. The number of rotatable bonds is 17. The Morgan fingerprint density at radius 3 is 1.09 bits per heavy atom. The molecule has 618 valence electrons. The number of aliphatic hydroxyl groups is 3. The first kappa shape index (κ1) is 86.0. The molecule has 6 aliphatic rings. The van der Waals surface area contributed by atoms with Crippen LogP contribution in [0.2, 0.25) is 0 Å². The third-order valence-electron chi connectivity index (χ3n) is 23.7. The number of alkyl halides is 6. The molecule has 3 saturated heterocycles. The third-order valence-corrected chi connectivity index (χ3v) is 23.7. The largest absolute Gasteiger partial charge is 0.391 e. The van der Waals surface area contributed by atoms with Crippen LogP contribution >= 0.6 is 0 Å². The average Bonchev–Trinajstić information content (AvgIpc) is 0.743. The van der Waals surface area contributed by atoms with Crippen molar-refractivity contribution in [1.29, 1.82) is 15.8 Å². The van der Waals surface area contributed by atoms with E-state index in [4.69, 9.17) is 0 Å². The van der Waals surface area contributed by atoms with Crippen molar-refractivity contribution in [2.45, 2.75) is 201 Å². The number of amides is 3. The van der Waals surface area contributed by atoms with Gasteiger partial charge in [0, 0.05) is 98.7 Å². The number of nitrogens with zero attached hydrogens (tertiary/aromatic N) is 11. The molecule has 12 heterocycles. The van der Waals surface area contributed by atoms with Gasteiger partial charge in [0.15, 0.2) is 6.29 Å². The first-order chi connectivity index (χ1) is 56.9. The lowest BCUT2D eigenvalue weighted by Crippen LogP contribution is -2.46. The van der Waals surface area contributed by atoms with Crippen molar-refractivity contribution in [2.24, 2.45) is 0 Å². The number of nitrogens with one attached hydrogen (secondary N) is 4. The fraction of sp³-hybridized carbons (Fsp3) is 0.437. The number of piperidine rings is 3. The fourth-order valence-corrected chi connectivity index (χ4v) is 16.7. The summed E-state index contributed by atoms with van der Waals surface area (Å²) in [4.78, 5) is 106. The molecule has 0 bridgehead atoms. The monoisotopic (exact) mass is 1620 g/mol. The molecule has 0 unspecified atom stereocenters. The number of halogens is 6. The number of likely N-dealkylation sites (tertiary alicyclic amines) is 2. The highest BCUT2D eigenvalue weighted by molar-refractivity contribution is 5.98. The van der Waals surface area contributed by atoms with Crippen molar-refractivity contribution >= 4 is 40.6 Å². The molecule has 3 amide bonds. The molecule has 3 aliphatic heterocycles. The van der Waals surface area contributed by atoms with Gasteiger partial charge in [-0.3, -0.25) is 71.5 Å². The van der Waals surface area contributed by atoms with Crippen molar-refractivity contribution in [3.8, 4) is 18.2 Å². The first-order valence-corrected chi connectivity index (χ1v) is 39.9. The second-order valence-corrected chi connectivity index (χ2v) is 31.1. The van der Waals surface area contributed by atoms with Crippen LogP contribution in [0, 0.1) is 34.0 Å². The summed E-state index contributed by atoms with van der Waals surface area (Å²) in [5.74, 6) is -1.56. The summed E-state index contributed by atoms with van der Waals surface area (Å²) < 4.78 is 82.5. The van der Waals surface area contributed by atoms with E-state index >= 15 is 0 Å². The Bertz CT molecular complexity index is 5210. The first-order valence-electron chi connectivity index (χ1n) is 39.9. The molecule has 6 atom stereocenters. The maximum absolute atomic E-state index is 13.3. The summed E-state index contributed by atoms with van der Waals surface area (Å²) >= 11 is 0. The number of aromatic nitrogens is 6. The normalized spacial score (nSPS) is 21.1. The summed E-state index contributed by atoms with van der Waals surface area (Å²) in [6.07, 6.45) is 12.1. The minimum Gasteiger partial charge on any atom is -0.391 e. The highest BCUT2D eigenvalue weighted by Crippen LogP contribution is 2.39. The Balaban J connectivity index is 0.000000152. The summed E-state index contributed by atoms with van der Waals surface area (Å²) in [7, 11) is 0. The summed E-state index contributed by atoms with van der Waals surface area (Å²) in [6, 6.07) is 34.0. The maximum Gasteiger partial charge on any atom is 0.267 e. The van der Waals surface area contributed by atoms with Crippen LogP contribution in [0.25, 0.3) is 16.6 Å². The molecule has 0 spiro atoms. The smallest absolute Gasteiger partial charge is 0.267 e. The van der Waals surface area contributed by atoms with Gasteiger partial charge < -0.3 is 36.6 Å². The van der Waals surface area contributed by atoms with E-state index in [1.807, 2.05) is 24.3 Å². The van der Waals surface area contributed by atoms with E-state index in [-0.39, 0.29) is 57.1 Å². The highest BCUT2D eigenvalue weighted by atomic mass is 19.3. The minimum atomic E-state index is -2.63. The van der Waals surface area contributed by atoms with E-state index in [0.717, 1.165) is 49.7 Å². The quantitative estimate of drug-likeness (QED) is 0.0329. The van der Waals surface area contributed by atoms with Gasteiger partial charge in [-0.2, -0.15) is 15.8 Å². The van der Waals surface area contributed by atoms with Gasteiger partial charge in [-0.25, -0.2) is 26.3 Å². The zero-order chi connectivity index (χ0) is 83.8. The van der Waals surface area contributed by atoms with Gasteiger partial charge >= 0.3 is 0 Å². The Hall–Kier alpha value is -11.4. The molecule has 7 N–H and O–H groups in total. The number of hydrogen-bond acceptors (Lipinski definition) is 19. The van der Waals surface area contributed by atoms with Crippen molar-refractivity contribution in [2.75, 3.05) is 39.3 Å². The molecule has 3 saturated carbocycles. The van der Waals surface area contributed by atoms with Crippen LogP contribution in [0.15, 0.2) is 161 Å². The van der Waals surface area contributed by atoms with Crippen LogP contribution in [0.4, 0.5) is 26.3 Å². The van der Waals surface area contributed by atoms with Gasteiger partial charge in [0.1, 0.15) is 32.9 Å². The van der Waals surface area contributed by atoms with E-state index < -0.39 is 88.2 Å². The predicted octanol–water partition coefficient (Wildman–Crippen LogP) is 10.8. The number of fused-ring (bicyclic) bond motifs is 3. The van der Waals surface area contributed by atoms with Crippen molar-refractivity contribution in [3.63, 3.8) is 0 Å². The standard InChI is InChI=1S/2C29H31F2N5O3.C17H18N2O4.C12H13F2N3/c2*30-26(31)19-8-11-33-25(16-19)29(18-32)9-13-35(14-10-29)17-20-15-21(28(39)36-12-4-3-6-23(20)36)27(38)34-22-5-1-2-7-24(22)37;20-10-11-9-12(17(23)19-8-4-3-6-14(11)19)16(22)18-13-5-1-2-7-15(13)21;13-11(14)9-1-4-17-10(7-9)12(8-15)2-5-16-6-3-12/h2*3-4,6,8,11-12,15-16,22,24,26,37H,1-2,5,7,9-10,13-14,17H2,(H,34,38);3-4,6,8-10,13,15,21H,1-2,5,7H2,(H,18,22);1,4,7,11,16H,2-3,5-6H2/t2*22-,24-;13-,15-;/m000./s1. The van der Waals surface area contributed by atoms with Crippen LogP contribution in [-0.4, -0.2) is 153 Å². The van der Waals surface area contributed by atoms with Gasteiger partial charge in [-0.15, -0.1) is 0 Å². The van der Waals surface area contributed by atoms with Crippen molar-refractivity contribution in [1.82, 2.24) is 59.2 Å². The molecule has 15 rings (SSSR count). The highest BCUT2D eigenvalue weighted by Gasteiger charge is 2.42. The molecule has 3 aliphatic carbocycles.